The van der Waals surface area contributed by atoms with Crippen LogP contribution in [0.25, 0.3) is 0 Å². The molecule has 0 unspecified atom stereocenters. The summed E-state index contributed by atoms with van der Waals surface area (Å²) in [6, 6.07) is 6.42. The van der Waals surface area contributed by atoms with E-state index >= 15 is 0 Å². The highest BCUT2D eigenvalue weighted by Gasteiger charge is 2.21. The maximum atomic E-state index is 12.1. The molecule has 2 aromatic rings. The van der Waals surface area contributed by atoms with Crippen LogP contribution in [0.15, 0.2) is 28.6 Å². The summed E-state index contributed by atoms with van der Waals surface area (Å²) in [5.41, 5.74) is 0.244. The Balaban J connectivity index is 2.20. The minimum Gasteiger partial charge on any atom is -0.301 e. The monoisotopic (exact) mass is 346 g/mol. The van der Waals surface area contributed by atoms with Crippen molar-refractivity contribution in [2.75, 3.05) is 10.0 Å². The lowest BCUT2D eigenvalue weighted by Gasteiger charge is -2.06. The molecule has 1 amide bonds. The predicted molar refractivity (Wildman–Crippen MR) is 81.1 cm³/mol. The second-order valence-corrected chi connectivity index (χ2v) is 7.10. The van der Waals surface area contributed by atoms with Gasteiger partial charge >= 0.3 is 0 Å². The van der Waals surface area contributed by atoms with Crippen molar-refractivity contribution in [3.05, 3.63) is 29.3 Å². The lowest BCUT2D eigenvalue weighted by molar-refractivity contribution is -0.115. The summed E-state index contributed by atoms with van der Waals surface area (Å²) in [6.07, 6.45) is 0.263. The SMILES string of the molecule is CCC(=O)Nc1nnc(S(=O)(=O)Nc2ccccc2Cl)s1. The number of nitrogens with zero attached hydrogens (tertiary/aromatic N) is 2. The van der Waals surface area contributed by atoms with E-state index in [1.807, 2.05) is 0 Å². The molecule has 0 atom stereocenters. The Hall–Kier alpha value is -1.71. The minimum atomic E-state index is -3.90. The van der Waals surface area contributed by atoms with Gasteiger partial charge in [-0.25, -0.2) is 0 Å². The summed E-state index contributed by atoms with van der Waals surface area (Å²) < 4.78 is 26.4. The molecule has 0 bridgehead atoms. The fourth-order valence-electron chi connectivity index (χ4n) is 1.31. The average Bonchev–Trinajstić information content (AvgIpc) is 2.90. The molecule has 0 aliphatic carbocycles. The van der Waals surface area contributed by atoms with Crippen molar-refractivity contribution in [1.82, 2.24) is 10.2 Å². The Bertz CT molecular complexity index is 760. The largest absolute Gasteiger partial charge is 0.301 e. The number of hydrogen-bond acceptors (Lipinski definition) is 6. The number of aromatic nitrogens is 2. The Labute approximate surface area is 130 Å². The summed E-state index contributed by atoms with van der Waals surface area (Å²) >= 11 is 6.65. The average molecular weight is 347 g/mol. The number of carbonyl (C=O) groups is 1. The minimum absolute atomic E-state index is 0.126. The first-order valence-corrected chi connectivity index (χ1v) is 8.51. The smallest absolute Gasteiger partial charge is 0.291 e. The second kappa shape index (κ2) is 6.37. The van der Waals surface area contributed by atoms with Crippen LogP contribution in [0, 0.1) is 0 Å². The second-order valence-electron chi connectivity index (χ2n) is 3.86. The van der Waals surface area contributed by atoms with Crippen LogP contribution in [0.1, 0.15) is 13.3 Å². The lowest BCUT2D eigenvalue weighted by Crippen LogP contribution is -2.13. The van der Waals surface area contributed by atoms with Crippen molar-refractivity contribution in [3.8, 4) is 0 Å². The third-order valence-corrected chi connectivity index (χ3v) is 5.22. The van der Waals surface area contributed by atoms with Crippen LogP contribution >= 0.6 is 22.9 Å². The van der Waals surface area contributed by atoms with Gasteiger partial charge in [-0.15, -0.1) is 10.2 Å². The van der Waals surface area contributed by atoms with Gasteiger partial charge in [-0.05, 0) is 12.1 Å². The molecule has 2 rings (SSSR count). The summed E-state index contributed by atoms with van der Waals surface area (Å²) in [5, 5.41) is 10.0. The van der Waals surface area contributed by atoms with Crippen LogP contribution in [0.5, 0.6) is 0 Å². The summed E-state index contributed by atoms with van der Waals surface area (Å²) in [5.74, 6) is -0.269. The standard InChI is InChI=1S/C11H11ClN4O3S2/c1-2-9(17)13-10-14-15-11(20-10)21(18,19)16-8-6-4-3-5-7(8)12/h3-6,16H,2H2,1H3,(H,13,14,17). The maximum absolute atomic E-state index is 12.1. The number of para-hydroxylation sites is 1. The van der Waals surface area contributed by atoms with Crippen molar-refractivity contribution in [1.29, 1.82) is 0 Å². The number of carbonyl (C=O) groups excluding carboxylic acids is 1. The molecule has 7 nitrogen and oxygen atoms in total. The third-order valence-electron chi connectivity index (χ3n) is 2.32. The van der Waals surface area contributed by atoms with Gasteiger partial charge in [0.25, 0.3) is 14.4 Å². The topological polar surface area (TPSA) is 101 Å². The van der Waals surface area contributed by atoms with Gasteiger partial charge in [0, 0.05) is 6.42 Å². The molecule has 0 aliphatic rings. The highest BCUT2D eigenvalue weighted by Crippen LogP contribution is 2.26. The zero-order valence-electron chi connectivity index (χ0n) is 10.8. The van der Waals surface area contributed by atoms with Gasteiger partial charge < -0.3 is 5.32 Å². The van der Waals surface area contributed by atoms with Crippen LogP contribution in [0.2, 0.25) is 5.02 Å². The van der Waals surface area contributed by atoms with Crippen molar-refractivity contribution in [2.24, 2.45) is 0 Å². The normalized spacial score (nSPS) is 11.1. The molecule has 0 spiro atoms. The van der Waals surface area contributed by atoms with Crippen molar-refractivity contribution >= 4 is 49.7 Å². The number of anilines is 2. The van der Waals surface area contributed by atoms with E-state index in [1.54, 1.807) is 25.1 Å². The van der Waals surface area contributed by atoms with Gasteiger partial charge in [-0.2, -0.15) is 8.42 Å². The third kappa shape index (κ3) is 3.90. The van der Waals surface area contributed by atoms with E-state index < -0.39 is 10.0 Å². The molecule has 21 heavy (non-hydrogen) atoms. The van der Waals surface area contributed by atoms with Gasteiger partial charge in [-0.1, -0.05) is 42.0 Å². The number of sulfonamides is 1. The Kier molecular flexibility index (Phi) is 4.76. The molecule has 0 aliphatic heterocycles. The molecular formula is C11H11ClN4O3S2. The van der Waals surface area contributed by atoms with E-state index in [0.29, 0.717) is 0 Å². The van der Waals surface area contributed by atoms with Gasteiger partial charge in [0.2, 0.25) is 11.0 Å². The number of halogens is 1. The van der Waals surface area contributed by atoms with Crippen molar-refractivity contribution < 1.29 is 13.2 Å². The Morgan fingerprint density at radius 3 is 2.71 bits per heavy atom. The number of nitrogens with one attached hydrogen (secondary N) is 2. The van der Waals surface area contributed by atoms with Crippen LogP contribution in [0.4, 0.5) is 10.8 Å². The van der Waals surface area contributed by atoms with E-state index in [4.69, 9.17) is 11.6 Å². The van der Waals surface area contributed by atoms with E-state index in [1.165, 1.54) is 6.07 Å². The number of amides is 1. The lowest BCUT2D eigenvalue weighted by atomic mass is 10.3. The molecule has 0 fully saturated rings. The summed E-state index contributed by atoms with van der Waals surface area (Å²) in [4.78, 5) is 11.2. The first-order chi connectivity index (χ1) is 9.92. The summed E-state index contributed by atoms with van der Waals surface area (Å²) in [7, 11) is -3.90. The zero-order chi connectivity index (χ0) is 15.5. The van der Waals surface area contributed by atoms with Gasteiger partial charge in [0.15, 0.2) is 0 Å². The zero-order valence-corrected chi connectivity index (χ0v) is 13.2. The quantitative estimate of drug-likeness (QED) is 0.809. The van der Waals surface area contributed by atoms with E-state index in [2.05, 4.69) is 20.2 Å². The predicted octanol–water partition coefficient (Wildman–Crippen LogP) is 2.34. The van der Waals surface area contributed by atoms with Crippen LogP contribution < -0.4 is 10.0 Å². The van der Waals surface area contributed by atoms with E-state index in [0.717, 1.165) is 11.3 Å². The first kappa shape index (κ1) is 15.7. The highest BCUT2D eigenvalue weighted by atomic mass is 35.5. The van der Waals surface area contributed by atoms with E-state index in [-0.39, 0.29) is 32.5 Å². The van der Waals surface area contributed by atoms with Gasteiger partial charge in [0.05, 0.1) is 10.7 Å². The highest BCUT2D eigenvalue weighted by molar-refractivity contribution is 7.94. The van der Waals surface area contributed by atoms with Crippen LogP contribution in [0.3, 0.4) is 0 Å². The van der Waals surface area contributed by atoms with Crippen LogP contribution in [-0.2, 0) is 14.8 Å². The molecule has 1 heterocycles. The van der Waals surface area contributed by atoms with Crippen molar-refractivity contribution in [2.45, 2.75) is 17.7 Å². The van der Waals surface area contributed by atoms with Crippen LogP contribution in [-0.4, -0.2) is 24.5 Å². The van der Waals surface area contributed by atoms with Gasteiger partial charge in [-0.3, -0.25) is 9.52 Å². The molecule has 112 valence electrons. The summed E-state index contributed by atoms with van der Waals surface area (Å²) in [6.45, 7) is 1.67. The molecule has 2 N–H and O–H groups in total. The molecule has 0 saturated carbocycles. The van der Waals surface area contributed by atoms with Crippen molar-refractivity contribution in [3.63, 3.8) is 0 Å². The van der Waals surface area contributed by atoms with E-state index in [9.17, 15) is 13.2 Å². The fourth-order valence-corrected chi connectivity index (χ4v) is 3.55. The number of benzene rings is 1. The molecule has 1 aromatic carbocycles. The molecular weight excluding hydrogens is 336 g/mol. The Morgan fingerprint density at radius 2 is 2.05 bits per heavy atom. The van der Waals surface area contributed by atoms with Gasteiger partial charge in [0.1, 0.15) is 0 Å². The fraction of sp³-hybridized carbons (Fsp3) is 0.182. The number of rotatable bonds is 5. The molecule has 10 heteroatoms. The molecule has 0 radical (unpaired) electrons. The maximum Gasteiger partial charge on any atom is 0.291 e. The molecule has 0 saturated heterocycles. The Morgan fingerprint density at radius 1 is 1.33 bits per heavy atom. The molecule has 1 aromatic heterocycles. The first-order valence-electron chi connectivity index (χ1n) is 5.83. The number of hydrogen-bond donors (Lipinski definition) is 2.